The number of hydrogen-bond donors (Lipinski definition) is 2. The summed E-state index contributed by atoms with van der Waals surface area (Å²) in [5, 5.41) is 25.2. The van der Waals surface area contributed by atoms with Gasteiger partial charge in [0.15, 0.2) is 5.82 Å². The highest BCUT2D eigenvalue weighted by molar-refractivity contribution is 6.35. The van der Waals surface area contributed by atoms with Crippen molar-refractivity contribution in [2.75, 3.05) is 44.7 Å². The van der Waals surface area contributed by atoms with Gasteiger partial charge >= 0.3 is 6.01 Å². The number of aromatic nitrogens is 2. The normalized spacial score (nSPS) is 19.8. The average molecular weight is 561 g/mol. The van der Waals surface area contributed by atoms with Crippen LogP contribution in [0.3, 0.4) is 0 Å². The minimum absolute atomic E-state index is 0.0155. The molecule has 3 aromatic carbocycles. The monoisotopic (exact) mass is 560 g/mol. The number of benzene rings is 3. The summed E-state index contributed by atoms with van der Waals surface area (Å²) >= 11 is 6.80. The van der Waals surface area contributed by atoms with Crippen LogP contribution < -0.4 is 15.0 Å². The third kappa shape index (κ3) is 4.99. The van der Waals surface area contributed by atoms with Crippen LogP contribution in [0, 0.1) is 17.1 Å². The van der Waals surface area contributed by atoms with Gasteiger partial charge in [0.1, 0.15) is 23.7 Å². The number of aromatic hydroxyl groups is 1. The molecule has 0 bridgehead atoms. The number of likely N-dealkylation sites (tertiary alicyclic amines) is 1. The van der Waals surface area contributed by atoms with Crippen molar-refractivity contribution in [1.29, 1.82) is 5.26 Å². The lowest BCUT2D eigenvalue weighted by atomic mass is 9.96. The molecule has 2 fully saturated rings. The molecule has 6 rings (SSSR count). The number of nitrogens with zero attached hydrogens (tertiary/aromatic N) is 5. The summed E-state index contributed by atoms with van der Waals surface area (Å²) in [4.78, 5) is 13.6. The first-order chi connectivity index (χ1) is 19.4. The van der Waals surface area contributed by atoms with Crippen LogP contribution >= 0.6 is 11.6 Å². The van der Waals surface area contributed by atoms with Crippen molar-refractivity contribution < 1.29 is 14.2 Å². The topological polar surface area (TPSA) is 97.5 Å². The zero-order valence-corrected chi connectivity index (χ0v) is 23.0. The van der Waals surface area contributed by atoms with E-state index >= 15 is 4.39 Å². The lowest BCUT2D eigenvalue weighted by Gasteiger charge is -2.34. The van der Waals surface area contributed by atoms with E-state index in [9.17, 15) is 10.4 Å². The number of fused-ring (bicyclic) bond motifs is 2. The summed E-state index contributed by atoms with van der Waals surface area (Å²) < 4.78 is 22.7. The molecule has 1 aromatic heterocycles. The lowest BCUT2D eigenvalue weighted by Crippen LogP contribution is -2.51. The highest BCUT2D eigenvalue weighted by Crippen LogP contribution is 2.42. The van der Waals surface area contributed by atoms with Gasteiger partial charge in [-0.2, -0.15) is 15.2 Å². The van der Waals surface area contributed by atoms with E-state index < -0.39 is 5.82 Å². The Hall–Kier alpha value is -3.71. The molecule has 40 heavy (non-hydrogen) atoms. The molecule has 0 spiro atoms. The number of ether oxygens (including phenoxy) is 1. The molecule has 0 aliphatic carbocycles. The van der Waals surface area contributed by atoms with Crippen LogP contribution in [-0.2, 0) is 0 Å². The number of phenolic OH excluding ortho intramolecular Hbond substituents is 1. The van der Waals surface area contributed by atoms with Gasteiger partial charge in [-0.3, -0.25) is 0 Å². The SMILES string of the molecule is CN1CCC[C@H]1COc1nc(N2CCN[C@@H](CC#N)C2)c2cc(Cl)c(-c3cc(O)cc4ccccc34)c(F)c2n1. The zero-order valence-electron chi connectivity index (χ0n) is 22.2. The van der Waals surface area contributed by atoms with Crippen LogP contribution in [0.25, 0.3) is 32.8 Å². The summed E-state index contributed by atoms with van der Waals surface area (Å²) in [6, 6.07) is 14.8. The van der Waals surface area contributed by atoms with Crippen molar-refractivity contribution in [3.63, 3.8) is 0 Å². The molecule has 0 unspecified atom stereocenters. The summed E-state index contributed by atoms with van der Waals surface area (Å²) in [6.07, 6.45) is 2.47. The minimum Gasteiger partial charge on any atom is -0.508 e. The first kappa shape index (κ1) is 26.5. The Morgan fingerprint density at radius 1 is 1.20 bits per heavy atom. The van der Waals surface area contributed by atoms with Crippen LogP contribution in [0.4, 0.5) is 10.2 Å². The molecule has 0 radical (unpaired) electrons. The van der Waals surface area contributed by atoms with Gasteiger partial charge in [0.2, 0.25) is 0 Å². The molecule has 2 saturated heterocycles. The Balaban J connectivity index is 1.51. The quantitative estimate of drug-likeness (QED) is 0.336. The van der Waals surface area contributed by atoms with E-state index in [0.29, 0.717) is 49.4 Å². The first-order valence-electron chi connectivity index (χ1n) is 13.5. The van der Waals surface area contributed by atoms with Gasteiger partial charge in [0.25, 0.3) is 0 Å². The van der Waals surface area contributed by atoms with Gasteiger partial charge in [-0.05, 0) is 61.0 Å². The van der Waals surface area contributed by atoms with Crippen LogP contribution in [-0.4, -0.2) is 71.9 Å². The number of nitriles is 1. The van der Waals surface area contributed by atoms with Gasteiger partial charge in [0, 0.05) is 42.7 Å². The highest BCUT2D eigenvalue weighted by Gasteiger charge is 2.28. The molecule has 2 aliphatic rings. The Bertz CT molecular complexity index is 1630. The molecule has 8 nitrogen and oxygen atoms in total. The Kier molecular flexibility index (Phi) is 7.32. The number of nitrogens with one attached hydrogen (secondary N) is 1. The van der Waals surface area contributed by atoms with Gasteiger partial charge < -0.3 is 25.0 Å². The van der Waals surface area contributed by atoms with Gasteiger partial charge in [-0.25, -0.2) is 4.39 Å². The van der Waals surface area contributed by atoms with Crippen molar-refractivity contribution in [3.8, 4) is 29.0 Å². The fraction of sp³-hybridized carbons (Fsp3) is 0.367. The van der Waals surface area contributed by atoms with Gasteiger partial charge in [0.05, 0.1) is 17.5 Å². The summed E-state index contributed by atoms with van der Waals surface area (Å²) in [5.41, 5.74) is 0.739. The van der Waals surface area contributed by atoms with E-state index in [2.05, 4.69) is 28.3 Å². The highest BCUT2D eigenvalue weighted by atomic mass is 35.5. The van der Waals surface area contributed by atoms with Crippen molar-refractivity contribution >= 4 is 39.1 Å². The maximum atomic E-state index is 16.6. The maximum absolute atomic E-state index is 16.6. The van der Waals surface area contributed by atoms with Crippen LogP contribution in [0.15, 0.2) is 42.5 Å². The second kappa shape index (κ2) is 11.0. The third-order valence-electron chi connectivity index (χ3n) is 7.93. The van der Waals surface area contributed by atoms with Crippen LogP contribution in [0.5, 0.6) is 11.8 Å². The predicted molar refractivity (Wildman–Crippen MR) is 154 cm³/mol. The standard InChI is InChI=1S/C30H30ClFN6O2/c1-37-11-4-6-20(37)17-40-30-35-28-24(29(36-30)38-12-10-34-19(16-38)8-9-33)15-25(31)26(27(28)32)23-14-21(39)13-18-5-2-3-7-22(18)23/h2-3,5,7,13-15,19-20,34,39H,4,6,8,10-12,16-17H2,1H3/t19-,20-/m0/s1. The molecule has 206 valence electrons. The van der Waals surface area contributed by atoms with Gasteiger partial charge in [-0.1, -0.05) is 35.9 Å². The third-order valence-corrected chi connectivity index (χ3v) is 8.23. The molecule has 4 aromatic rings. The molecule has 2 atom stereocenters. The smallest absolute Gasteiger partial charge is 0.319 e. The summed E-state index contributed by atoms with van der Waals surface area (Å²) in [5.74, 6) is -0.0625. The molecule has 2 aliphatic heterocycles. The summed E-state index contributed by atoms with van der Waals surface area (Å²) in [6.45, 7) is 3.22. The second-order valence-electron chi connectivity index (χ2n) is 10.5. The van der Waals surface area contributed by atoms with E-state index in [1.807, 2.05) is 29.2 Å². The average Bonchev–Trinajstić information content (AvgIpc) is 3.36. The van der Waals surface area contributed by atoms with Crippen LogP contribution in [0.1, 0.15) is 19.3 Å². The molecule has 0 saturated carbocycles. The Morgan fingerprint density at radius 3 is 2.85 bits per heavy atom. The van der Waals surface area contributed by atoms with E-state index in [4.69, 9.17) is 21.3 Å². The largest absolute Gasteiger partial charge is 0.508 e. The number of anilines is 1. The number of likely N-dealkylation sites (N-methyl/N-ethyl adjacent to an activating group) is 1. The van der Waals surface area contributed by atoms with Crippen molar-refractivity contribution in [2.24, 2.45) is 0 Å². The molecule has 2 N–H and O–H groups in total. The second-order valence-corrected chi connectivity index (χ2v) is 10.9. The first-order valence-corrected chi connectivity index (χ1v) is 13.9. The van der Waals surface area contributed by atoms with Crippen molar-refractivity contribution in [3.05, 3.63) is 53.3 Å². The van der Waals surface area contributed by atoms with E-state index in [1.54, 1.807) is 12.1 Å². The lowest BCUT2D eigenvalue weighted by molar-refractivity contribution is 0.188. The van der Waals surface area contributed by atoms with Gasteiger partial charge in [-0.15, -0.1) is 0 Å². The number of phenols is 1. The van der Waals surface area contributed by atoms with Crippen molar-refractivity contribution in [1.82, 2.24) is 20.2 Å². The summed E-state index contributed by atoms with van der Waals surface area (Å²) in [7, 11) is 2.07. The van der Waals surface area contributed by atoms with E-state index in [-0.39, 0.29) is 39.9 Å². The molecule has 3 heterocycles. The number of piperazine rings is 1. The fourth-order valence-electron chi connectivity index (χ4n) is 5.84. The number of hydrogen-bond acceptors (Lipinski definition) is 8. The van der Waals surface area contributed by atoms with E-state index in [1.165, 1.54) is 6.07 Å². The predicted octanol–water partition coefficient (Wildman–Crippen LogP) is 5.11. The minimum atomic E-state index is -0.603. The Labute approximate surface area is 236 Å². The number of halogens is 2. The maximum Gasteiger partial charge on any atom is 0.319 e. The Morgan fingerprint density at radius 2 is 2.05 bits per heavy atom. The molecule has 10 heteroatoms. The molecular weight excluding hydrogens is 531 g/mol. The number of rotatable bonds is 6. The van der Waals surface area contributed by atoms with E-state index in [0.717, 1.165) is 30.2 Å². The fourth-order valence-corrected chi connectivity index (χ4v) is 6.13. The van der Waals surface area contributed by atoms with Crippen LogP contribution in [0.2, 0.25) is 5.02 Å². The molecular formula is C30H30ClFN6O2. The van der Waals surface area contributed by atoms with Crippen molar-refractivity contribution in [2.45, 2.75) is 31.3 Å². The zero-order chi connectivity index (χ0) is 27.8. The molecule has 0 amide bonds.